The maximum absolute atomic E-state index is 13.0. The SMILES string of the molecule is CC(C)N(Cc1ccc2c(c1)OCCO2)C(=O)C1=CC(=O)CC(C)(C)O1. The predicted octanol–water partition coefficient (Wildman–Crippen LogP) is 2.85. The van der Waals surface area contributed by atoms with Gasteiger partial charge in [0.25, 0.3) is 5.91 Å². The Morgan fingerprint density at radius 1 is 1.19 bits per heavy atom. The summed E-state index contributed by atoms with van der Waals surface area (Å²) < 4.78 is 16.9. The average molecular weight is 359 g/mol. The van der Waals surface area contributed by atoms with Crippen LogP contribution in [0.15, 0.2) is 30.0 Å². The number of hydrogen-bond donors (Lipinski definition) is 0. The van der Waals surface area contributed by atoms with E-state index in [1.54, 1.807) is 4.90 Å². The van der Waals surface area contributed by atoms with Gasteiger partial charge in [-0.2, -0.15) is 0 Å². The monoisotopic (exact) mass is 359 g/mol. The second-order valence-electron chi connectivity index (χ2n) is 7.52. The number of ether oxygens (including phenoxy) is 3. The van der Waals surface area contributed by atoms with Crippen LogP contribution in [-0.4, -0.2) is 41.4 Å². The molecule has 140 valence electrons. The van der Waals surface area contributed by atoms with E-state index in [1.165, 1.54) is 6.08 Å². The van der Waals surface area contributed by atoms with E-state index in [2.05, 4.69) is 0 Å². The number of hydrogen-bond acceptors (Lipinski definition) is 5. The molecule has 0 aliphatic carbocycles. The molecule has 3 rings (SSSR count). The van der Waals surface area contributed by atoms with Gasteiger partial charge in [-0.15, -0.1) is 0 Å². The number of ketones is 1. The zero-order chi connectivity index (χ0) is 18.9. The van der Waals surface area contributed by atoms with Crippen molar-refractivity contribution < 1.29 is 23.8 Å². The first-order chi connectivity index (χ1) is 12.2. The molecule has 2 heterocycles. The molecule has 0 fully saturated rings. The van der Waals surface area contributed by atoms with Gasteiger partial charge in [-0.25, -0.2) is 0 Å². The van der Waals surface area contributed by atoms with Crippen LogP contribution >= 0.6 is 0 Å². The third-order valence-corrected chi connectivity index (χ3v) is 4.33. The van der Waals surface area contributed by atoms with Gasteiger partial charge < -0.3 is 19.1 Å². The van der Waals surface area contributed by atoms with Gasteiger partial charge in [0, 0.05) is 25.1 Å². The maximum Gasteiger partial charge on any atom is 0.289 e. The van der Waals surface area contributed by atoms with Gasteiger partial charge in [-0.1, -0.05) is 6.07 Å². The van der Waals surface area contributed by atoms with Crippen molar-refractivity contribution in [2.75, 3.05) is 13.2 Å². The van der Waals surface area contributed by atoms with Crippen LogP contribution in [0, 0.1) is 0 Å². The Morgan fingerprint density at radius 3 is 2.54 bits per heavy atom. The predicted molar refractivity (Wildman–Crippen MR) is 96.0 cm³/mol. The lowest BCUT2D eigenvalue weighted by Gasteiger charge is -2.34. The minimum atomic E-state index is -0.670. The molecule has 2 aliphatic heterocycles. The van der Waals surface area contributed by atoms with Gasteiger partial charge in [-0.05, 0) is 45.4 Å². The van der Waals surface area contributed by atoms with Crippen molar-refractivity contribution in [1.29, 1.82) is 0 Å². The second-order valence-corrected chi connectivity index (χ2v) is 7.52. The van der Waals surface area contributed by atoms with Crippen LogP contribution in [0.3, 0.4) is 0 Å². The summed E-state index contributed by atoms with van der Waals surface area (Å²) in [6.07, 6.45) is 1.58. The van der Waals surface area contributed by atoms with Crippen molar-refractivity contribution in [2.24, 2.45) is 0 Å². The van der Waals surface area contributed by atoms with Gasteiger partial charge in [0.15, 0.2) is 23.0 Å². The lowest BCUT2D eigenvalue weighted by molar-refractivity contribution is -0.140. The van der Waals surface area contributed by atoms with Crippen molar-refractivity contribution in [1.82, 2.24) is 4.90 Å². The van der Waals surface area contributed by atoms with Gasteiger partial charge in [0.1, 0.15) is 18.8 Å². The number of carbonyl (C=O) groups excluding carboxylic acids is 2. The molecule has 26 heavy (non-hydrogen) atoms. The first-order valence-corrected chi connectivity index (χ1v) is 8.88. The fraction of sp³-hybridized carbons (Fsp3) is 0.500. The first-order valence-electron chi connectivity index (χ1n) is 8.88. The van der Waals surface area contributed by atoms with Gasteiger partial charge in [0.2, 0.25) is 0 Å². The van der Waals surface area contributed by atoms with Crippen LogP contribution in [0.1, 0.15) is 39.7 Å². The maximum atomic E-state index is 13.0. The minimum absolute atomic E-state index is 0.0552. The van der Waals surface area contributed by atoms with Crippen molar-refractivity contribution in [3.63, 3.8) is 0 Å². The average Bonchev–Trinajstić information content (AvgIpc) is 2.57. The van der Waals surface area contributed by atoms with Crippen molar-refractivity contribution in [3.05, 3.63) is 35.6 Å². The molecule has 0 N–H and O–H groups in total. The first kappa shape index (κ1) is 18.3. The Kier molecular flexibility index (Phi) is 4.94. The fourth-order valence-corrected chi connectivity index (χ4v) is 3.10. The molecular weight excluding hydrogens is 334 g/mol. The van der Waals surface area contributed by atoms with E-state index in [1.807, 2.05) is 45.9 Å². The molecule has 6 heteroatoms. The van der Waals surface area contributed by atoms with Crippen molar-refractivity contribution in [3.8, 4) is 11.5 Å². The lowest BCUT2D eigenvalue weighted by Crippen LogP contribution is -2.42. The Hall–Kier alpha value is -2.50. The largest absolute Gasteiger partial charge is 0.486 e. The van der Waals surface area contributed by atoms with Gasteiger partial charge in [0.05, 0.1) is 0 Å². The van der Waals surface area contributed by atoms with Crippen LogP contribution < -0.4 is 9.47 Å². The third-order valence-electron chi connectivity index (χ3n) is 4.33. The molecule has 1 aromatic carbocycles. The summed E-state index contributed by atoms with van der Waals surface area (Å²) in [5.74, 6) is 1.14. The van der Waals surface area contributed by atoms with Crippen LogP contribution in [0.5, 0.6) is 11.5 Å². The Bertz CT molecular complexity index is 751. The molecule has 0 atom stereocenters. The number of nitrogens with zero attached hydrogens (tertiary/aromatic N) is 1. The van der Waals surface area contributed by atoms with E-state index < -0.39 is 5.60 Å². The highest BCUT2D eigenvalue weighted by Gasteiger charge is 2.34. The molecule has 2 aliphatic rings. The molecule has 0 saturated carbocycles. The summed E-state index contributed by atoms with van der Waals surface area (Å²) in [5, 5.41) is 0. The molecule has 0 radical (unpaired) electrons. The standard InChI is InChI=1S/C20H25NO5/c1-13(2)21(19(23)18-10-15(22)11-20(3,4)26-18)12-14-5-6-16-17(9-14)25-8-7-24-16/h5-6,9-10,13H,7-8,11-12H2,1-4H3. The summed E-state index contributed by atoms with van der Waals surface area (Å²) in [7, 11) is 0. The highest BCUT2D eigenvalue weighted by molar-refractivity contribution is 6.01. The van der Waals surface area contributed by atoms with Crippen molar-refractivity contribution in [2.45, 2.75) is 52.3 Å². The summed E-state index contributed by atoms with van der Waals surface area (Å²) >= 11 is 0. The Balaban J connectivity index is 1.81. The van der Waals surface area contributed by atoms with E-state index in [4.69, 9.17) is 14.2 Å². The number of allylic oxidation sites excluding steroid dienone is 1. The molecule has 0 bridgehead atoms. The highest BCUT2D eigenvalue weighted by Crippen LogP contribution is 2.32. The highest BCUT2D eigenvalue weighted by atomic mass is 16.6. The quantitative estimate of drug-likeness (QED) is 0.827. The molecule has 0 aromatic heterocycles. The second kappa shape index (κ2) is 7.02. The molecule has 6 nitrogen and oxygen atoms in total. The normalized spacial score (nSPS) is 18.2. The zero-order valence-electron chi connectivity index (χ0n) is 15.7. The van der Waals surface area contributed by atoms with Crippen LogP contribution in [0.4, 0.5) is 0 Å². The lowest BCUT2D eigenvalue weighted by atomic mass is 9.98. The molecule has 1 amide bonds. The molecule has 0 saturated heterocycles. The van der Waals surface area contributed by atoms with Crippen molar-refractivity contribution >= 4 is 11.7 Å². The summed E-state index contributed by atoms with van der Waals surface area (Å²) in [5.41, 5.74) is 0.259. The summed E-state index contributed by atoms with van der Waals surface area (Å²) in [4.78, 5) is 26.6. The summed E-state index contributed by atoms with van der Waals surface area (Å²) in [6, 6.07) is 5.61. The van der Waals surface area contributed by atoms with Gasteiger partial charge in [-0.3, -0.25) is 9.59 Å². The topological polar surface area (TPSA) is 65.1 Å². The molecule has 0 unspecified atom stereocenters. The van der Waals surface area contributed by atoms with E-state index in [0.717, 1.165) is 5.56 Å². The fourth-order valence-electron chi connectivity index (χ4n) is 3.10. The van der Waals surface area contributed by atoms with Gasteiger partial charge >= 0.3 is 0 Å². The Labute approximate surface area is 153 Å². The number of amides is 1. The molecule has 1 aromatic rings. The molecular formula is C20H25NO5. The third kappa shape index (κ3) is 4.00. The number of benzene rings is 1. The smallest absolute Gasteiger partial charge is 0.289 e. The van der Waals surface area contributed by atoms with Crippen LogP contribution in [-0.2, 0) is 20.9 Å². The van der Waals surface area contributed by atoms with E-state index >= 15 is 0 Å². The zero-order valence-corrected chi connectivity index (χ0v) is 15.7. The van der Waals surface area contributed by atoms with Crippen LogP contribution in [0.25, 0.3) is 0 Å². The minimum Gasteiger partial charge on any atom is -0.486 e. The number of carbonyl (C=O) groups is 2. The van der Waals surface area contributed by atoms with E-state index in [-0.39, 0.29) is 29.9 Å². The molecule has 0 spiro atoms. The van der Waals surface area contributed by atoms with E-state index in [9.17, 15) is 9.59 Å². The number of fused-ring (bicyclic) bond motifs is 1. The summed E-state index contributed by atoms with van der Waals surface area (Å²) in [6.45, 7) is 8.94. The van der Waals surface area contributed by atoms with Crippen LogP contribution in [0.2, 0.25) is 0 Å². The Morgan fingerprint density at radius 2 is 1.88 bits per heavy atom. The van der Waals surface area contributed by atoms with E-state index in [0.29, 0.717) is 31.3 Å². The number of rotatable bonds is 4.